The molecule has 1 aromatic carbocycles. The zero-order valence-corrected chi connectivity index (χ0v) is 20.3. The number of anilines is 1. The maximum atomic E-state index is 12.6. The van der Waals surface area contributed by atoms with Crippen LogP contribution in [0.2, 0.25) is 0 Å². The highest BCUT2D eigenvalue weighted by Gasteiger charge is 2.27. The molecule has 0 aliphatic heterocycles. The summed E-state index contributed by atoms with van der Waals surface area (Å²) in [5.74, 6) is -0.433. The molecule has 0 bridgehead atoms. The van der Waals surface area contributed by atoms with Crippen molar-refractivity contribution in [1.82, 2.24) is 0 Å². The monoisotopic (exact) mass is 475 g/mol. The third-order valence-corrected chi connectivity index (χ3v) is 5.51. The number of nitrogens with one attached hydrogen (secondary N) is 1. The van der Waals surface area contributed by atoms with Crippen LogP contribution in [0.25, 0.3) is 6.08 Å². The molecule has 33 heavy (non-hydrogen) atoms. The molecule has 178 valence electrons. The number of amides is 1. The highest BCUT2D eigenvalue weighted by Crippen LogP contribution is 2.34. The van der Waals surface area contributed by atoms with Crippen molar-refractivity contribution in [2.45, 2.75) is 34.6 Å². The van der Waals surface area contributed by atoms with Crippen LogP contribution in [0.4, 0.5) is 5.00 Å². The lowest BCUT2D eigenvalue weighted by molar-refractivity contribution is -0.111. The average Bonchev–Trinajstić information content (AvgIpc) is 3.10. The molecule has 0 saturated carbocycles. The third kappa shape index (κ3) is 6.82. The van der Waals surface area contributed by atoms with Crippen LogP contribution in [0.3, 0.4) is 0 Å². The number of carbonyl (C=O) groups is 3. The van der Waals surface area contributed by atoms with Gasteiger partial charge >= 0.3 is 11.9 Å². The molecule has 0 aliphatic rings. The minimum Gasteiger partial charge on any atom is -0.490 e. The summed E-state index contributed by atoms with van der Waals surface area (Å²) in [6, 6.07) is 5.35. The minimum atomic E-state index is -0.617. The molecule has 9 heteroatoms. The first kappa shape index (κ1) is 25.9. The van der Waals surface area contributed by atoms with Crippen LogP contribution < -0.4 is 14.8 Å². The molecule has 1 N–H and O–H groups in total. The summed E-state index contributed by atoms with van der Waals surface area (Å²) in [5.41, 5.74) is 1.28. The van der Waals surface area contributed by atoms with Crippen molar-refractivity contribution < 1.29 is 33.3 Å². The quantitative estimate of drug-likeness (QED) is 0.366. The second-order valence-electron chi connectivity index (χ2n) is 6.60. The van der Waals surface area contributed by atoms with Gasteiger partial charge in [0, 0.05) is 6.08 Å². The number of ether oxygens (including phenoxy) is 4. The minimum absolute atomic E-state index is 0.145. The number of hydrogen-bond acceptors (Lipinski definition) is 8. The Balaban J connectivity index is 2.27. The average molecular weight is 476 g/mol. The first-order chi connectivity index (χ1) is 15.9. The molecule has 2 aromatic rings. The number of hydrogen-bond donors (Lipinski definition) is 1. The van der Waals surface area contributed by atoms with Crippen molar-refractivity contribution >= 4 is 40.3 Å². The molecule has 0 radical (unpaired) electrons. The summed E-state index contributed by atoms with van der Waals surface area (Å²) >= 11 is 0.977. The summed E-state index contributed by atoms with van der Waals surface area (Å²) < 4.78 is 21.3. The highest BCUT2D eigenvalue weighted by molar-refractivity contribution is 7.18. The Morgan fingerprint density at radius 2 is 1.55 bits per heavy atom. The van der Waals surface area contributed by atoms with Gasteiger partial charge in [0.2, 0.25) is 5.91 Å². The van der Waals surface area contributed by atoms with E-state index >= 15 is 0 Å². The molecule has 1 amide bonds. The second kappa shape index (κ2) is 12.6. The van der Waals surface area contributed by atoms with E-state index in [-0.39, 0.29) is 28.7 Å². The number of benzene rings is 1. The van der Waals surface area contributed by atoms with Crippen LogP contribution >= 0.6 is 11.3 Å². The molecule has 0 spiro atoms. The Bertz CT molecular complexity index is 1030. The van der Waals surface area contributed by atoms with Gasteiger partial charge in [-0.2, -0.15) is 0 Å². The zero-order valence-electron chi connectivity index (χ0n) is 19.5. The van der Waals surface area contributed by atoms with Crippen molar-refractivity contribution in [1.29, 1.82) is 0 Å². The molecule has 8 nitrogen and oxygen atoms in total. The van der Waals surface area contributed by atoms with Gasteiger partial charge in [0.15, 0.2) is 11.5 Å². The van der Waals surface area contributed by atoms with Crippen LogP contribution in [0, 0.1) is 6.92 Å². The molecule has 0 atom stereocenters. The number of esters is 2. The lowest BCUT2D eigenvalue weighted by atomic mass is 10.1. The zero-order chi connectivity index (χ0) is 24.4. The van der Waals surface area contributed by atoms with Crippen molar-refractivity contribution in [3.05, 3.63) is 45.8 Å². The highest BCUT2D eigenvalue weighted by atomic mass is 32.1. The first-order valence-corrected chi connectivity index (χ1v) is 11.5. The fourth-order valence-corrected chi connectivity index (χ4v) is 4.03. The van der Waals surface area contributed by atoms with E-state index in [0.29, 0.717) is 30.3 Å². The lowest BCUT2D eigenvalue weighted by Gasteiger charge is -2.11. The lowest BCUT2D eigenvalue weighted by Crippen LogP contribution is -2.13. The fraction of sp³-hybridized carbons (Fsp3) is 0.375. The van der Waals surface area contributed by atoms with E-state index in [1.54, 1.807) is 45.0 Å². The Labute approximate surface area is 197 Å². The van der Waals surface area contributed by atoms with Gasteiger partial charge < -0.3 is 24.3 Å². The van der Waals surface area contributed by atoms with Crippen molar-refractivity contribution in [3.8, 4) is 11.5 Å². The largest absolute Gasteiger partial charge is 0.490 e. The molecule has 0 aliphatic carbocycles. The van der Waals surface area contributed by atoms with Gasteiger partial charge in [-0.1, -0.05) is 6.07 Å². The second-order valence-corrected chi connectivity index (χ2v) is 7.62. The Morgan fingerprint density at radius 3 is 2.18 bits per heavy atom. The van der Waals surface area contributed by atoms with Crippen molar-refractivity contribution in [3.63, 3.8) is 0 Å². The van der Waals surface area contributed by atoms with Gasteiger partial charge in [0.1, 0.15) is 9.88 Å². The molecule has 0 saturated heterocycles. The van der Waals surface area contributed by atoms with E-state index in [2.05, 4.69) is 5.32 Å². The number of carbonyl (C=O) groups excluding carboxylic acids is 3. The van der Waals surface area contributed by atoms with Gasteiger partial charge in [0.25, 0.3) is 0 Å². The SMILES string of the molecule is CCOC(=O)c1sc(NC(=O)/C=C/c2ccc(OCC)c(OCC)c2)c(C(=O)OCC)c1C. The smallest absolute Gasteiger partial charge is 0.348 e. The van der Waals surface area contributed by atoms with Crippen LogP contribution in [0.15, 0.2) is 24.3 Å². The van der Waals surface area contributed by atoms with Crippen molar-refractivity contribution in [2.24, 2.45) is 0 Å². The topological polar surface area (TPSA) is 100 Å². The number of thiophene rings is 1. The normalized spacial score (nSPS) is 10.7. The molecular weight excluding hydrogens is 446 g/mol. The molecule has 0 unspecified atom stereocenters. The van der Waals surface area contributed by atoms with E-state index < -0.39 is 17.8 Å². The summed E-state index contributed by atoms with van der Waals surface area (Å²) in [5, 5.41) is 2.91. The summed E-state index contributed by atoms with van der Waals surface area (Å²) in [4.78, 5) is 37.6. The predicted octanol–water partition coefficient (Wildman–Crippen LogP) is 4.86. The van der Waals surface area contributed by atoms with Gasteiger partial charge in [-0.3, -0.25) is 4.79 Å². The van der Waals surface area contributed by atoms with Gasteiger partial charge in [0.05, 0.1) is 32.0 Å². The van der Waals surface area contributed by atoms with Crippen LogP contribution in [0.5, 0.6) is 11.5 Å². The van der Waals surface area contributed by atoms with Gasteiger partial charge in [-0.05, 0) is 64.0 Å². The van der Waals surface area contributed by atoms with Crippen LogP contribution in [-0.2, 0) is 14.3 Å². The van der Waals surface area contributed by atoms with E-state index in [0.717, 1.165) is 16.9 Å². The Morgan fingerprint density at radius 1 is 0.909 bits per heavy atom. The van der Waals surface area contributed by atoms with E-state index in [4.69, 9.17) is 18.9 Å². The van der Waals surface area contributed by atoms with Gasteiger partial charge in [-0.15, -0.1) is 11.3 Å². The fourth-order valence-electron chi connectivity index (χ4n) is 2.94. The molecule has 2 rings (SSSR count). The number of rotatable bonds is 11. The predicted molar refractivity (Wildman–Crippen MR) is 127 cm³/mol. The van der Waals surface area contributed by atoms with E-state index in [1.807, 2.05) is 13.8 Å². The standard InChI is InChI=1S/C24H29NO7S/c1-6-29-17-12-10-16(14-18(17)30-7-2)11-13-19(26)25-22-20(23(27)31-8-3)15(5)21(33-22)24(28)32-9-4/h10-14H,6-9H2,1-5H3,(H,25,26)/b13-11+. The van der Waals surface area contributed by atoms with Gasteiger partial charge in [-0.25, -0.2) is 9.59 Å². The maximum absolute atomic E-state index is 12.6. The molecule has 1 aromatic heterocycles. The van der Waals surface area contributed by atoms with Crippen molar-refractivity contribution in [2.75, 3.05) is 31.7 Å². The van der Waals surface area contributed by atoms with Crippen LogP contribution in [0.1, 0.15) is 58.9 Å². The van der Waals surface area contributed by atoms with E-state index in [9.17, 15) is 14.4 Å². The third-order valence-electron chi connectivity index (χ3n) is 4.32. The Kier molecular flexibility index (Phi) is 9.93. The summed E-state index contributed by atoms with van der Waals surface area (Å²) in [7, 11) is 0. The molecule has 1 heterocycles. The molecule has 0 fully saturated rings. The molecular formula is C24H29NO7S. The first-order valence-electron chi connectivity index (χ1n) is 10.7. The summed E-state index contributed by atoms with van der Waals surface area (Å²) in [6.07, 6.45) is 2.95. The maximum Gasteiger partial charge on any atom is 0.348 e. The Hall–Kier alpha value is -3.33. The van der Waals surface area contributed by atoms with Crippen LogP contribution in [-0.4, -0.2) is 44.3 Å². The summed E-state index contributed by atoms with van der Waals surface area (Å²) in [6.45, 7) is 10.1. The van der Waals surface area contributed by atoms with E-state index in [1.165, 1.54) is 6.08 Å².